The van der Waals surface area contributed by atoms with Gasteiger partial charge in [0.15, 0.2) is 0 Å². The number of H-pyrrole nitrogens is 2. The van der Waals surface area contributed by atoms with E-state index >= 15 is 0 Å². The van der Waals surface area contributed by atoms with E-state index in [0.29, 0.717) is 0 Å². The number of thioether (sulfide) groups is 3. The first kappa shape index (κ1) is 29.1. The van der Waals surface area contributed by atoms with E-state index in [4.69, 9.17) is 19.4 Å². The molecule has 3 aliphatic heterocycles. The molecule has 46 heavy (non-hydrogen) atoms. The van der Waals surface area contributed by atoms with Crippen LogP contribution in [0.15, 0.2) is 78.9 Å². The van der Waals surface area contributed by atoms with Crippen LogP contribution < -0.4 is 9.47 Å². The molecule has 9 heteroatoms. The van der Waals surface area contributed by atoms with Crippen molar-refractivity contribution >= 4 is 81.7 Å². The van der Waals surface area contributed by atoms with Crippen LogP contribution in [0.5, 0.6) is 11.5 Å². The van der Waals surface area contributed by atoms with Crippen molar-refractivity contribution in [2.24, 2.45) is 0 Å². The summed E-state index contributed by atoms with van der Waals surface area (Å²) in [7, 11) is 3.40. The van der Waals surface area contributed by atoms with Crippen molar-refractivity contribution in [2.45, 2.75) is 4.58 Å². The third-order valence-corrected chi connectivity index (χ3v) is 12.5. The normalized spacial score (nSPS) is 14.5. The lowest BCUT2D eigenvalue weighted by Gasteiger charge is -2.21. The maximum absolute atomic E-state index is 5.61. The van der Waals surface area contributed by atoms with Crippen molar-refractivity contribution in [2.75, 3.05) is 24.4 Å². The quantitative estimate of drug-likeness (QED) is 0.191. The zero-order chi connectivity index (χ0) is 31.0. The highest BCUT2D eigenvalue weighted by Crippen LogP contribution is 2.49. The van der Waals surface area contributed by atoms with Gasteiger partial charge in [0.1, 0.15) is 11.5 Å². The highest BCUT2D eigenvalue weighted by Gasteiger charge is 2.24. The number of aromatic nitrogens is 4. The van der Waals surface area contributed by atoms with Gasteiger partial charge in [-0.2, -0.15) is 0 Å². The molecular formula is C37H30N4O2S3. The Balaban J connectivity index is 1.49. The van der Waals surface area contributed by atoms with Gasteiger partial charge in [0.2, 0.25) is 0 Å². The lowest BCUT2D eigenvalue weighted by molar-refractivity contribution is 0.415. The second-order valence-electron chi connectivity index (χ2n) is 11.0. The summed E-state index contributed by atoms with van der Waals surface area (Å²) in [5.74, 6) is 1.61. The highest BCUT2D eigenvalue weighted by molar-refractivity contribution is 8.32. The largest absolute Gasteiger partial charge is 0.497 e. The molecule has 6 nitrogen and oxygen atoms in total. The summed E-state index contributed by atoms with van der Waals surface area (Å²) in [6.07, 6.45) is 8.47. The average Bonchev–Trinajstić information content (AvgIpc) is 3.93. The molecule has 8 bridgehead atoms. The minimum absolute atomic E-state index is 0.241. The maximum Gasteiger partial charge on any atom is 0.119 e. The molecule has 228 valence electrons. The molecule has 0 aliphatic carbocycles. The van der Waals surface area contributed by atoms with Gasteiger partial charge >= 0.3 is 0 Å². The lowest BCUT2D eigenvalue weighted by Crippen LogP contribution is -1.99. The summed E-state index contributed by atoms with van der Waals surface area (Å²) in [6.45, 7) is 0. The van der Waals surface area contributed by atoms with E-state index in [2.05, 4.69) is 88.9 Å². The fraction of sp³-hybridized carbons (Fsp3) is 0.135. The number of aromatic amines is 2. The van der Waals surface area contributed by atoms with Crippen LogP contribution in [0.3, 0.4) is 0 Å². The maximum atomic E-state index is 5.61. The predicted molar refractivity (Wildman–Crippen MR) is 198 cm³/mol. The minimum Gasteiger partial charge on any atom is -0.497 e. The average molecular weight is 659 g/mol. The van der Waals surface area contributed by atoms with E-state index < -0.39 is 0 Å². The molecule has 2 N–H and O–H groups in total. The molecular weight excluding hydrogens is 629 g/mol. The summed E-state index contributed by atoms with van der Waals surface area (Å²) < 4.78 is 11.5. The third-order valence-electron chi connectivity index (χ3n) is 8.17. The molecule has 0 unspecified atom stereocenters. The van der Waals surface area contributed by atoms with Gasteiger partial charge in [0.05, 0.1) is 41.6 Å². The number of ether oxygens (including phenoxy) is 2. The molecule has 8 rings (SSSR count). The Labute approximate surface area is 279 Å². The Bertz CT molecular complexity index is 2150. The summed E-state index contributed by atoms with van der Waals surface area (Å²) in [4.78, 5) is 17.9. The van der Waals surface area contributed by atoms with Crippen molar-refractivity contribution in [3.05, 3.63) is 107 Å². The number of methoxy groups -OCH3 is 2. The molecule has 6 heterocycles. The molecule has 0 atom stereocenters. The van der Waals surface area contributed by atoms with Crippen molar-refractivity contribution in [1.82, 2.24) is 19.9 Å². The fourth-order valence-electron chi connectivity index (χ4n) is 6.04. The molecule has 0 spiro atoms. The number of benzene rings is 2. The topological polar surface area (TPSA) is 75.8 Å². The van der Waals surface area contributed by atoms with E-state index in [-0.39, 0.29) is 4.58 Å². The molecule has 1 saturated heterocycles. The Morgan fingerprint density at radius 2 is 1.24 bits per heavy atom. The summed E-state index contributed by atoms with van der Waals surface area (Å²) in [5, 5.41) is 2.10. The van der Waals surface area contributed by atoms with Gasteiger partial charge in [0, 0.05) is 48.9 Å². The van der Waals surface area contributed by atoms with Crippen LogP contribution in [0, 0.1) is 0 Å². The van der Waals surface area contributed by atoms with Gasteiger partial charge < -0.3 is 19.4 Å². The smallest absolute Gasteiger partial charge is 0.119 e. The van der Waals surface area contributed by atoms with Gasteiger partial charge in [-0.3, -0.25) is 0 Å². The lowest BCUT2D eigenvalue weighted by atomic mass is 10.0. The van der Waals surface area contributed by atoms with Gasteiger partial charge in [0.25, 0.3) is 0 Å². The van der Waals surface area contributed by atoms with Crippen LogP contribution >= 0.6 is 35.3 Å². The number of hydrogen-bond acceptors (Lipinski definition) is 7. The van der Waals surface area contributed by atoms with Crippen molar-refractivity contribution in [3.8, 4) is 33.8 Å². The van der Waals surface area contributed by atoms with E-state index in [0.717, 1.165) is 88.8 Å². The van der Waals surface area contributed by atoms with E-state index in [1.165, 1.54) is 5.56 Å². The Morgan fingerprint density at radius 3 is 1.96 bits per heavy atom. The first-order chi connectivity index (χ1) is 22.7. The monoisotopic (exact) mass is 658 g/mol. The molecule has 2 aromatic carbocycles. The van der Waals surface area contributed by atoms with Gasteiger partial charge in [-0.05, 0) is 90.0 Å². The standard InChI is InChI=1S/C37H30N4O2S3/c1-42-26-7-3-5-22(17-26)34-28-11-9-24(38-28)19-25-10-12-29(39-25)35(23-6-4-8-27(18-23)43-2)31-14-16-33(41-31)36(32-15-13-30(34)40-32)37-45-20-44-21-46-37/h3-19,37-38,41H,20-21H2,1-2H3. The van der Waals surface area contributed by atoms with E-state index in [1.807, 2.05) is 59.6 Å². The molecule has 1 fully saturated rings. The number of rotatable bonds is 5. The second-order valence-corrected chi connectivity index (χ2v) is 15.2. The zero-order valence-corrected chi connectivity index (χ0v) is 27.7. The Kier molecular flexibility index (Phi) is 7.89. The molecule has 0 radical (unpaired) electrons. The Hall–Kier alpha value is -4.31. The van der Waals surface area contributed by atoms with Crippen molar-refractivity contribution in [1.29, 1.82) is 0 Å². The third kappa shape index (κ3) is 5.53. The number of fused-ring (bicyclic) bond motifs is 8. The molecule has 0 amide bonds. The summed E-state index contributed by atoms with van der Waals surface area (Å²) in [6, 6.07) is 27.0. The van der Waals surface area contributed by atoms with Crippen LogP contribution in [-0.4, -0.2) is 44.3 Å². The van der Waals surface area contributed by atoms with Crippen LogP contribution in [0.4, 0.5) is 0 Å². The fourth-order valence-corrected chi connectivity index (χ4v) is 10.9. The van der Waals surface area contributed by atoms with Crippen LogP contribution in [0.25, 0.3) is 68.6 Å². The number of nitrogens with zero attached hydrogens (tertiary/aromatic N) is 2. The Morgan fingerprint density at radius 1 is 0.630 bits per heavy atom. The predicted octanol–water partition coefficient (Wildman–Crippen LogP) is 10.1. The number of hydrogen-bond donors (Lipinski definition) is 2. The second kappa shape index (κ2) is 12.5. The summed E-state index contributed by atoms with van der Waals surface area (Å²) in [5.41, 5.74) is 13.0. The van der Waals surface area contributed by atoms with Crippen molar-refractivity contribution in [3.63, 3.8) is 0 Å². The molecule has 0 saturated carbocycles. The SMILES string of the molecule is COc1cccc(-c2c3nc(c(C4SCSCS4)c4ccc([nH]4)c(-c4cccc(OC)c4)c4nc(cc5ccc2[nH]5)C=C4)C=C3)c1. The zero-order valence-electron chi connectivity index (χ0n) is 25.2. The van der Waals surface area contributed by atoms with Crippen LogP contribution in [-0.2, 0) is 0 Å². The van der Waals surface area contributed by atoms with Gasteiger partial charge in [-0.25, -0.2) is 9.97 Å². The first-order valence-corrected chi connectivity index (χ1v) is 18.1. The summed E-state index contributed by atoms with van der Waals surface area (Å²) >= 11 is 5.89. The molecule has 5 aromatic rings. The van der Waals surface area contributed by atoms with Crippen LogP contribution in [0.1, 0.15) is 32.9 Å². The van der Waals surface area contributed by atoms with Gasteiger partial charge in [-0.15, -0.1) is 35.3 Å². The van der Waals surface area contributed by atoms with E-state index in [9.17, 15) is 0 Å². The molecule has 3 aliphatic rings. The van der Waals surface area contributed by atoms with Gasteiger partial charge in [-0.1, -0.05) is 24.3 Å². The minimum atomic E-state index is 0.241. The van der Waals surface area contributed by atoms with E-state index in [1.54, 1.807) is 14.2 Å². The highest BCUT2D eigenvalue weighted by atomic mass is 32.3. The number of nitrogens with one attached hydrogen (secondary N) is 2. The first-order valence-electron chi connectivity index (χ1n) is 14.9. The van der Waals surface area contributed by atoms with Crippen molar-refractivity contribution < 1.29 is 9.47 Å². The van der Waals surface area contributed by atoms with Crippen LogP contribution in [0.2, 0.25) is 0 Å². The molecule has 3 aromatic heterocycles.